The van der Waals surface area contributed by atoms with E-state index >= 15 is 0 Å². The fourth-order valence-corrected chi connectivity index (χ4v) is 2.08. The number of amides is 1. The number of methoxy groups -OCH3 is 1. The van der Waals surface area contributed by atoms with Crippen LogP contribution in [0.2, 0.25) is 0 Å². The highest BCUT2D eigenvalue weighted by Crippen LogP contribution is 2.17. The Kier molecular flexibility index (Phi) is 6.83. The van der Waals surface area contributed by atoms with Crippen molar-refractivity contribution in [3.63, 3.8) is 0 Å². The Bertz CT molecular complexity index is 406. The number of carbonyl (C=O) groups excluding carboxylic acids is 1. The van der Waals surface area contributed by atoms with Gasteiger partial charge < -0.3 is 20.7 Å². The van der Waals surface area contributed by atoms with E-state index < -0.39 is 0 Å². The molecule has 0 aliphatic carbocycles. The number of halogens is 1. The molecule has 0 unspecified atom stereocenters. The summed E-state index contributed by atoms with van der Waals surface area (Å²) in [5, 5.41) is 2.86. The highest BCUT2D eigenvalue weighted by molar-refractivity contribution is 9.10. The number of likely N-dealkylation sites (N-methyl/N-ethyl adjacent to an activating group) is 1. The number of ether oxygens (including phenoxy) is 1. The van der Waals surface area contributed by atoms with Crippen LogP contribution in [0.15, 0.2) is 22.7 Å². The fourth-order valence-electron chi connectivity index (χ4n) is 1.56. The van der Waals surface area contributed by atoms with E-state index in [9.17, 15) is 4.79 Å². The van der Waals surface area contributed by atoms with Crippen molar-refractivity contribution in [2.45, 2.75) is 0 Å². The SMILES string of the molecule is COCCN(C)CCNC(=O)c1cc(N)cc(Br)c1. The molecule has 0 spiro atoms. The number of nitrogens with zero attached hydrogens (tertiary/aromatic N) is 1. The van der Waals surface area contributed by atoms with Crippen LogP contribution >= 0.6 is 15.9 Å². The molecule has 0 heterocycles. The van der Waals surface area contributed by atoms with Crippen LogP contribution in [0.4, 0.5) is 5.69 Å². The molecule has 0 bridgehead atoms. The van der Waals surface area contributed by atoms with E-state index in [1.807, 2.05) is 7.05 Å². The molecule has 0 aliphatic heterocycles. The van der Waals surface area contributed by atoms with Crippen LogP contribution in [0, 0.1) is 0 Å². The van der Waals surface area contributed by atoms with Gasteiger partial charge in [0.2, 0.25) is 0 Å². The standard InChI is InChI=1S/C13H20BrN3O2/c1-17(5-6-19-2)4-3-16-13(18)10-7-11(14)9-12(15)8-10/h7-9H,3-6,15H2,1-2H3,(H,16,18). The molecular formula is C13H20BrN3O2. The lowest BCUT2D eigenvalue weighted by Gasteiger charge is -2.16. The van der Waals surface area contributed by atoms with Crippen molar-refractivity contribution in [1.82, 2.24) is 10.2 Å². The fraction of sp³-hybridized carbons (Fsp3) is 0.462. The first-order valence-electron chi connectivity index (χ1n) is 6.04. The second kappa shape index (κ2) is 8.14. The van der Waals surface area contributed by atoms with Crippen molar-refractivity contribution < 1.29 is 9.53 Å². The molecule has 0 aliphatic rings. The molecule has 1 rings (SSSR count). The quantitative estimate of drug-likeness (QED) is 0.741. The Morgan fingerprint density at radius 3 is 2.79 bits per heavy atom. The predicted molar refractivity (Wildman–Crippen MR) is 80.3 cm³/mol. The number of carbonyl (C=O) groups is 1. The molecule has 0 fully saturated rings. The summed E-state index contributed by atoms with van der Waals surface area (Å²) in [5.74, 6) is -0.117. The molecule has 0 aromatic heterocycles. The Morgan fingerprint density at radius 2 is 2.16 bits per heavy atom. The number of rotatable bonds is 7. The van der Waals surface area contributed by atoms with Gasteiger partial charge in [-0.2, -0.15) is 0 Å². The van der Waals surface area contributed by atoms with Crippen LogP contribution in [0.5, 0.6) is 0 Å². The van der Waals surface area contributed by atoms with Crippen LogP contribution in [0.25, 0.3) is 0 Å². The normalized spacial score (nSPS) is 10.7. The summed E-state index contributed by atoms with van der Waals surface area (Å²) in [6.45, 7) is 2.90. The molecule has 0 saturated carbocycles. The Morgan fingerprint density at radius 1 is 1.42 bits per heavy atom. The van der Waals surface area contributed by atoms with Crippen LogP contribution in [0.3, 0.4) is 0 Å². The molecule has 106 valence electrons. The average molecular weight is 330 g/mol. The number of nitrogens with two attached hydrogens (primary N) is 1. The highest BCUT2D eigenvalue weighted by Gasteiger charge is 2.07. The molecule has 5 nitrogen and oxygen atoms in total. The van der Waals surface area contributed by atoms with Gasteiger partial charge >= 0.3 is 0 Å². The Hall–Kier alpha value is -1.11. The molecular weight excluding hydrogens is 310 g/mol. The summed E-state index contributed by atoms with van der Waals surface area (Å²) in [6, 6.07) is 5.17. The Balaban J connectivity index is 2.39. The number of nitrogens with one attached hydrogen (secondary N) is 1. The van der Waals surface area contributed by atoms with Gasteiger partial charge in [0.1, 0.15) is 0 Å². The molecule has 0 saturated heterocycles. The summed E-state index contributed by atoms with van der Waals surface area (Å²) < 4.78 is 5.79. The van der Waals surface area contributed by atoms with Crippen molar-refractivity contribution in [2.75, 3.05) is 46.1 Å². The zero-order chi connectivity index (χ0) is 14.3. The number of hydrogen-bond acceptors (Lipinski definition) is 4. The molecule has 1 amide bonds. The van der Waals surface area contributed by atoms with E-state index in [2.05, 4.69) is 26.1 Å². The lowest BCUT2D eigenvalue weighted by Crippen LogP contribution is -2.34. The van der Waals surface area contributed by atoms with Gasteiger partial charge in [-0.25, -0.2) is 0 Å². The van der Waals surface area contributed by atoms with Gasteiger partial charge in [-0.3, -0.25) is 4.79 Å². The highest BCUT2D eigenvalue weighted by atomic mass is 79.9. The number of anilines is 1. The lowest BCUT2D eigenvalue weighted by molar-refractivity contribution is 0.0947. The second-order valence-corrected chi connectivity index (χ2v) is 5.24. The lowest BCUT2D eigenvalue weighted by atomic mass is 10.2. The van der Waals surface area contributed by atoms with Crippen LogP contribution in [-0.2, 0) is 4.74 Å². The van der Waals surface area contributed by atoms with Crippen molar-refractivity contribution in [3.05, 3.63) is 28.2 Å². The maximum absolute atomic E-state index is 11.9. The molecule has 19 heavy (non-hydrogen) atoms. The molecule has 3 N–H and O–H groups in total. The smallest absolute Gasteiger partial charge is 0.251 e. The zero-order valence-electron chi connectivity index (χ0n) is 11.3. The topological polar surface area (TPSA) is 67.6 Å². The summed E-state index contributed by atoms with van der Waals surface area (Å²) >= 11 is 3.32. The third kappa shape index (κ3) is 6.04. The van der Waals surface area contributed by atoms with E-state index in [1.54, 1.807) is 25.3 Å². The van der Waals surface area contributed by atoms with E-state index in [-0.39, 0.29) is 5.91 Å². The van der Waals surface area contributed by atoms with E-state index in [0.717, 1.165) is 17.6 Å². The number of nitrogen functional groups attached to an aromatic ring is 1. The maximum Gasteiger partial charge on any atom is 0.251 e. The average Bonchev–Trinajstić information content (AvgIpc) is 2.35. The van der Waals surface area contributed by atoms with Gasteiger partial charge in [0.25, 0.3) is 5.91 Å². The monoisotopic (exact) mass is 329 g/mol. The van der Waals surface area contributed by atoms with Crippen LogP contribution < -0.4 is 11.1 Å². The van der Waals surface area contributed by atoms with Crippen LogP contribution in [-0.4, -0.2) is 51.2 Å². The van der Waals surface area contributed by atoms with Gasteiger partial charge in [-0.05, 0) is 25.2 Å². The van der Waals surface area contributed by atoms with Gasteiger partial charge in [-0.1, -0.05) is 15.9 Å². The number of benzene rings is 1. The third-order valence-corrected chi connectivity index (χ3v) is 3.10. The first-order valence-corrected chi connectivity index (χ1v) is 6.84. The molecule has 6 heteroatoms. The zero-order valence-corrected chi connectivity index (χ0v) is 12.9. The predicted octanol–water partition coefficient (Wildman–Crippen LogP) is 1.34. The van der Waals surface area contributed by atoms with Crippen molar-refractivity contribution in [3.8, 4) is 0 Å². The largest absolute Gasteiger partial charge is 0.399 e. The third-order valence-electron chi connectivity index (χ3n) is 2.64. The first kappa shape index (κ1) is 15.9. The summed E-state index contributed by atoms with van der Waals surface area (Å²) in [5.41, 5.74) is 6.82. The van der Waals surface area contributed by atoms with Gasteiger partial charge in [-0.15, -0.1) is 0 Å². The van der Waals surface area contributed by atoms with E-state index in [0.29, 0.717) is 24.4 Å². The van der Waals surface area contributed by atoms with Gasteiger partial charge in [0, 0.05) is 42.5 Å². The minimum Gasteiger partial charge on any atom is -0.399 e. The van der Waals surface area contributed by atoms with Crippen LogP contribution in [0.1, 0.15) is 10.4 Å². The molecule has 1 aromatic carbocycles. The van der Waals surface area contributed by atoms with Crippen molar-refractivity contribution >= 4 is 27.5 Å². The second-order valence-electron chi connectivity index (χ2n) is 4.33. The van der Waals surface area contributed by atoms with Gasteiger partial charge in [0.05, 0.1) is 6.61 Å². The summed E-state index contributed by atoms with van der Waals surface area (Å²) in [7, 11) is 3.66. The number of hydrogen-bond donors (Lipinski definition) is 2. The molecule has 1 aromatic rings. The van der Waals surface area contributed by atoms with Crippen molar-refractivity contribution in [1.29, 1.82) is 0 Å². The van der Waals surface area contributed by atoms with Gasteiger partial charge in [0.15, 0.2) is 0 Å². The maximum atomic E-state index is 11.9. The summed E-state index contributed by atoms with van der Waals surface area (Å²) in [4.78, 5) is 14.0. The Labute approximate surface area is 122 Å². The molecule has 0 radical (unpaired) electrons. The summed E-state index contributed by atoms with van der Waals surface area (Å²) in [6.07, 6.45) is 0. The van der Waals surface area contributed by atoms with Crippen molar-refractivity contribution in [2.24, 2.45) is 0 Å². The minimum atomic E-state index is -0.117. The minimum absolute atomic E-state index is 0.117. The molecule has 0 atom stereocenters. The van der Waals surface area contributed by atoms with E-state index in [1.165, 1.54) is 0 Å². The first-order chi connectivity index (χ1) is 9.02. The van der Waals surface area contributed by atoms with E-state index in [4.69, 9.17) is 10.5 Å².